The number of para-hydroxylation sites is 1. The number of amides is 2. The highest BCUT2D eigenvalue weighted by Crippen LogP contribution is 2.30. The first-order valence-corrected chi connectivity index (χ1v) is 9.19. The van der Waals surface area contributed by atoms with Crippen molar-refractivity contribution in [3.05, 3.63) is 59.4 Å². The zero-order chi connectivity index (χ0) is 21.8. The van der Waals surface area contributed by atoms with Crippen molar-refractivity contribution in [2.24, 2.45) is 5.10 Å². The first-order chi connectivity index (χ1) is 14.5. The third-order valence-electron chi connectivity index (χ3n) is 3.91. The van der Waals surface area contributed by atoms with E-state index in [2.05, 4.69) is 15.8 Å². The lowest BCUT2D eigenvalue weighted by Gasteiger charge is -2.13. The molecule has 0 aliphatic heterocycles. The molecule has 0 saturated carbocycles. The van der Waals surface area contributed by atoms with Gasteiger partial charge in [0.2, 0.25) is 0 Å². The third-order valence-corrected chi connectivity index (χ3v) is 3.91. The molecular formula is C21H24FN3O5. The van der Waals surface area contributed by atoms with E-state index >= 15 is 0 Å². The second-order valence-electron chi connectivity index (χ2n) is 6.10. The van der Waals surface area contributed by atoms with E-state index in [4.69, 9.17) is 14.2 Å². The lowest BCUT2D eigenvalue weighted by atomic mass is 10.2. The first kappa shape index (κ1) is 22.8. The van der Waals surface area contributed by atoms with E-state index in [1.54, 1.807) is 37.4 Å². The average Bonchev–Trinajstić information content (AvgIpc) is 2.76. The van der Waals surface area contributed by atoms with Crippen molar-refractivity contribution >= 4 is 18.0 Å². The number of halogens is 1. The highest BCUT2D eigenvalue weighted by molar-refractivity contribution is 6.35. The summed E-state index contributed by atoms with van der Waals surface area (Å²) < 4.78 is 29.1. The lowest BCUT2D eigenvalue weighted by molar-refractivity contribution is -0.139. The van der Waals surface area contributed by atoms with Gasteiger partial charge in [-0.2, -0.15) is 5.10 Å². The molecule has 0 radical (unpaired) electrons. The van der Waals surface area contributed by atoms with Gasteiger partial charge in [-0.15, -0.1) is 0 Å². The van der Waals surface area contributed by atoms with Crippen molar-refractivity contribution in [2.45, 2.75) is 13.0 Å². The second-order valence-corrected chi connectivity index (χ2v) is 6.10. The maximum Gasteiger partial charge on any atom is 0.329 e. The minimum atomic E-state index is -0.889. The van der Waals surface area contributed by atoms with Crippen LogP contribution < -0.4 is 20.2 Å². The van der Waals surface area contributed by atoms with E-state index in [0.717, 1.165) is 5.56 Å². The summed E-state index contributed by atoms with van der Waals surface area (Å²) in [4.78, 5) is 23.5. The molecule has 2 rings (SSSR count). The van der Waals surface area contributed by atoms with Gasteiger partial charge in [-0.05, 0) is 36.2 Å². The van der Waals surface area contributed by atoms with Crippen molar-refractivity contribution < 1.29 is 28.2 Å². The van der Waals surface area contributed by atoms with E-state index in [1.807, 2.05) is 0 Å². The topological polar surface area (TPSA) is 98.2 Å². The summed E-state index contributed by atoms with van der Waals surface area (Å²) >= 11 is 0. The zero-order valence-corrected chi connectivity index (χ0v) is 16.8. The van der Waals surface area contributed by atoms with Crippen molar-refractivity contribution in [3.63, 3.8) is 0 Å². The van der Waals surface area contributed by atoms with E-state index < -0.39 is 11.8 Å². The molecule has 0 bridgehead atoms. The Morgan fingerprint density at radius 3 is 2.57 bits per heavy atom. The molecule has 0 atom stereocenters. The molecule has 0 aromatic heterocycles. The first-order valence-electron chi connectivity index (χ1n) is 9.19. The Bertz CT molecular complexity index is 871. The number of ether oxygens (including phenoxy) is 3. The molecule has 0 aliphatic rings. The SMILES string of the molecule is COCCCNC(=O)C(=O)N/N=C\c1cccc(OC)c1OCc1ccc(F)cc1. The maximum atomic E-state index is 13.1. The fourth-order valence-corrected chi connectivity index (χ4v) is 2.40. The van der Waals surface area contributed by atoms with Gasteiger partial charge in [0.1, 0.15) is 12.4 Å². The van der Waals surface area contributed by atoms with Crippen LogP contribution in [0.1, 0.15) is 17.5 Å². The Labute approximate surface area is 174 Å². The second kappa shape index (κ2) is 12.2. The van der Waals surface area contributed by atoms with E-state index in [0.29, 0.717) is 36.6 Å². The Kier molecular flexibility index (Phi) is 9.26. The molecule has 9 heteroatoms. The predicted octanol–water partition coefficient (Wildman–Crippen LogP) is 2.02. The van der Waals surface area contributed by atoms with Crippen LogP contribution in [-0.4, -0.2) is 45.4 Å². The Morgan fingerprint density at radius 2 is 1.87 bits per heavy atom. The predicted molar refractivity (Wildman–Crippen MR) is 109 cm³/mol. The molecule has 0 saturated heterocycles. The summed E-state index contributed by atoms with van der Waals surface area (Å²) in [6, 6.07) is 11.1. The summed E-state index contributed by atoms with van der Waals surface area (Å²) in [5.41, 5.74) is 3.46. The number of methoxy groups -OCH3 is 2. The summed E-state index contributed by atoms with van der Waals surface area (Å²) in [5, 5.41) is 6.28. The number of hydrogen-bond acceptors (Lipinski definition) is 6. The van der Waals surface area contributed by atoms with E-state index in [-0.39, 0.29) is 12.4 Å². The monoisotopic (exact) mass is 417 g/mol. The normalized spacial score (nSPS) is 10.6. The van der Waals surface area contributed by atoms with Crippen LogP contribution in [-0.2, 0) is 20.9 Å². The van der Waals surface area contributed by atoms with Gasteiger partial charge in [0.05, 0.1) is 13.3 Å². The Hall–Kier alpha value is -3.46. The van der Waals surface area contributed by atoms with Gasteiger partial charge in [-0.1, -0.05) is 18.2 Å². The molecule has 0 fully saturated rings. The van der Waals surface area contributed by atoms with E-state index in [1.165, 1.54) is 25.5 Å². The van der Waals surface area contributed by atoms with Crippen molar-refractivity contribution in [1.82, 2.24) is 10.7 Å². The molecule has 2 amide bonds. The largest absolute Gasteiger partial charge is 0.493 e. The summed E-state index contributed by atoms with van der Waals surface area (Å²) in [7, 11) is 3.05. The van der Waals surface area contributed by atoms with Crippen LogP contribution in [0, 0.1) is 5.82 Å². The summed E-state index contributed by atoms with van der Waals surface area (Å²) in [6.45, 7) is 0.982. The minimum absolute atomic E-state index is 0.178. The highest BCUT2D eigenvalue weighted by Gasteiger charge is 2.13. The summed E-state index contributed by atoms with van der Waals surface area (Å²) in [6.07, 6.45) is 1.94. The lowest BCUT2D eigenvalue weighted by Crippen LogP contribution is -2.38. The molecule has 8 nitrogen and oxygen atoms in total. The molecule has 160 valence electrons. The van der Waals surface area contributed by atoms with Crippen molar-refractivity contribution in [3.8, 4) is 11.5 Å². The van der Waals surface area contributed by atoms with Crippen LogP contribution in [0.2, 0.25) is 0 Å². The number of carbonyl (C=O) groups is 2. The molecular weight excluding hydrogens is 393 g/mol. The van der Waals surface area contributed by atoms with Gasteiger partial charge in [-0.25, -0.2) is 9.82 Å². The number of benzene rings is 2. The van der Waals surface area contributed by atoms with Gasteiger partial charge in [0, 0.05) is 25.8 Å². The number of rotatable bonds is 10. The van der Waals surface area contributed by atoms with Gasteiger partial charge in [-0.3, -0.25) is 9.59 Å². The Morgan fingerprint density at radius 1 is 1.10 bits per heavy atom. The molecule has 0 spiro atoms. The van der Waals surface area contributed by atoms with Gasteiger partial charge >= 0.3 is 11.8 Å². The molecule has 0 aliphatic carbocycles. The van der Waals surface area contributed by atoms with Crippen LogP contribution in [0.5, 0.6) is 11.5 Å². The van der Waals surface area contributed by atoms with Gasteiger partial charge < -0.3 is 19.5 Å². The van der Waals surface area contributed by atoms with E-state index in [9.17, 15) is 14.0 Å². The van der Waals surface area contributed by atoms with Gasteiger partial charge in [0.15, 0.2) is 11.5 Å². The summed E-state index contributed by atoms with van der Waals surface area (Å²) in [5.74, 6) is -1.15. The van der Waals surface area contributed by atoms with Crippen LogP contribution in [0.25, 0.3) is 0 Å². The average molecular weight is 417 g/mol. The van der Waals surface area contributed by atoms with Crippen molar-refractivity contribution in [2.75, 3.05) is 27.4 Å². The van der Waals surface area contributed by atoms with Crippen molar-refractivity contribution in [1.29, 1.82) is 0 Å². The quantitative estimate of drug-likeness (QED) is 0.267. The Balaban J connectivity index is 1.99. The van der Waals surface area contributed by atoms with Crippen LogP contribution in [0.4, 0.5) is 4.39 Å². The molecule has 30 heavy (non-hydrogen) atoms. The fourth-order valence-electron chi connectivity index (χ4n) is 2.40. The molecule has 2 aromatic rings. The smallest absolute Gasteiger partial charge is 0.329 e. The zero-order valence-electron chi connectivity index (χ0n) is 16.8. The van der Waals surface area contributed by atoms with Crippen LogP contribution in [0.15, 0.2) is 47.6 Å². The highest BCUT2D eigenvalue weighted by atomic mass is 19.1. The number of carbonyl (C=O) groups excluding carboxylic acids is 2. The number of nitrogens with one attached hydrogen (secondary N) is 2. The molecule has 0 unspecified atom stereocenters. The molecule has 2 aromatic carbocycles. The minimum Gasteiger partial charge on any atom is -0.493 e. The third kappa shape index (κ3) is 7.17. The molecule has 2 N–H and O–H groups in total. The van der Waals surface area contributed by atoms with Crippen LogP contribution >= 0.6 is 0 Å². The maximum absolute atomic E-state index is 13.1. The number of hydrogen-bond donors (Lipinski definition) is 2. The number of hydrazone groups is 1. The molecule has 0 heterocycles. The fraction of sp³-hybridized carbons (Fsp3) is 0.286. The van der Waals surface area contributed by atoms with Crippen LogP contribution in [0.3, 0.4) is 0 Å². The number of nitrogens with zero attached hydrogens (tertiary/aromatic N) is 1. The standard InChI is InChI=1S/C21H24FN3O5/c1-28-12-4-11-23-20(26)21(27)25-24-13-16-5-3-6-18(29-2)19(16)30-14-15-7-9-17(22)10-8-15/h3,5-10,13H,4,11-12,14H2,1-2H3,(H,23,26)(H,25,27)/b24-13-. The van der Waals surface area contributed by atoms with Gasteiger partial charge in [0.25, 0.3) is 0 Å².